The van der Waals surface area contributed by atoms with Gasteiger partial charge >= 0.3 is 5.63 Å². The molecule has 0 spiro atoms. The van der Waals surface area contributed by atoms with Gasteiger partial charge in [-0.3, -0.25) is 0 Å². The number of phenols is 1. The van der Waals surface area contributed by atoms with E-state index in [1.165, 1.54) is 25.3 Å². The van der Waals surface area contributed by atoms with Crippen molar-refractivity contribution in [2.24, 2.45) is 0 Å². The predicted octanol–water partition coefficient (Wildman–Crippen LogP) is 3.85. The molecule has 0 unspecified atom stereocenters. The third-order valence-electron chi connectivity index (χ3n) is 4.21. The summed E-state index contributed by atoms with van der Waals surface area (Å²) in [4.78, 5) is 12.2. The van der Waals surface area contributed by atoms with Gasteiger partial charge in [0.25, 0.3) is 0 Å². The standard InChI is InChI=1S/C16H18O3/c1-10-13-8-7-12(17)9-14(13)19-16(18)15(10)11-5-3-2-4-6-11/h7-9,11,17H,2-6H2,1H3. The fourth-order valence-corrected chi connectivity index (χ4v) is 3.22. The highest BCUT2D eigenvalue weighted by Crippen LogP contribution is 2.35. The first kappa shape index (κ1) is 12.3. The Kier molecular flexibility index (Phi) is 3.05. The Labute approximate surface area is 111 Å². The molecule has 0 radical (unpaired) electrons. The van der Waals surface area contributed by atoms with Crippen LogP contribution in [-0.4, -0.2) is 5.11 Å². The van der Waals surface area contributed by atoms with E-state index in [-0.39, 0.29) is 11.4 Å². The van der Waals surface area contributed by atoms with E-state index < -0.39 is 0 Å². The maximum Gasteiger partial charge on any atom is 0.340 e. The highest BCUT2D eigenvalue weighted by atomic mass is 16.4. The van der Waals surface area contributed by atoms with E-state index in [0.29, 0.717) is 11.5 Å². The number of benzene rings is 1. The molecule has 1 aromatic carbocycles. The van der Waals surface area contributed by atoms with Crippen molar-refractivity contribution in [2.45, 2.75) is 44.9 Å². The molecular formula is C16H18O3. The molecule has 1 saturated carbocycles. The summed E-state index contributed by atoms with van der Waals surface area (Å²) in [7, 11) is 0. The average Bonchev–Trinajstić information content (AvgIpc) is 2.39. The second-order valence-corrected chi connectivity index (χ2v) is 5.44. The van der Waals surface area contributed by atoms with Crippen molar-refractivity contribution >= 4 is 11.0 Å². The van der Waals surface area contributed by atoms with E-state index in [9.17, 15) is 9.90 Å². The Morgan fingerprint density at radius 1 is 1.21 bits per heavy atom. The van der Waals surface area contributed by atoms with Gasteiger partial charge in [-0.1, -0.05) is 19.3 Å². The molecule has 100 valence electrons. The molecule has 0 aliphatic heterocycles. The quantitative estimate of drug-likeness (QED) is 0.790. The summed E-state index contributed by atoms with van der Waals surface area (Å²) in [5, 5.41) is 10.4. The van der Waals surface area contributed by atoms with Crippen molar-refractivity contribution in [3.63, 3.8) is 0 Å². The lowest BCUT2D eigenvalue weighted by molar-refractivity contribution is 0.426. The molecule has 0 atom stereocenters. The molecule has 1 fully saturated rings. The number of hydrogen-bond donors (Lipinski definition) is 1. The minimum Gasteiger partial charge on any atom is -0.508 e. The van der Waals surface area contributed by atoms with Crippen LogP contribution >= 0.6 is 0 Å². The molecule has 3 nitrogen and oxygen atoms in total. The molecule has 1 N–H and O–H groups in total. The van der Waals surface area contributed by atoms with Gasteiger partial charge in [0.2, 0.25) is 0 Å². The Bertz CT molecular complexity index is 663. The van der Waals surface area contributed by atoms with E-state index >= 15 is 0 Å². The summed E-state index contributed by atoms with van der Waals surface area (Å²) in [6.45, 7) is 1.99. The summed E-state index contributed by atoms with van der Waals surface area (Å²) < 4.78 is 5.39. The number of rotatable bonds is 1. The maximum absolute atomic E-state index is 12.2. The topological polar surface area (TPSA) is 50.4 Å². The molecule has 1 aliphatic rings. The van der Waals surface area contributed by atoms with Crippen LogP contribution in [0, 0.1) is 6.92 Å². The lowest BCUT2D eigenvalue weighted by Crippen LogP contribution is -2.17. The lowest BCUT2D eigenvalue weighted by atomic mass is 9.82. The highest BCUT2D eigenvalue weighted by Gasteiger charge is 2.22. The molecule has 0 bridgehead atoms. The largest absolute Gasteiger partial charge is 0.508 e. The van der Waals surface area contributed by atoms with Crippen LogP contribution in [0.25, 0.3) is 11.0 Å². The lowest BCUT2D eigenvalue weighted by Gasteiger charge is -2.22. The minimum absolute atomic E-state index is 0.125. The molecule has 19 heavy (non-hydrogen) atoms. The molecular weight excluding hydrogens is 240 g/mol. The molecule has 1 aliphatic carbocycles. The van der Waals surface area contributed by atoms with Gasteiger partial charge in [0.15, 0.2) is 0 Å². The van der Waals surface area contributed by atoms with Crippen LogP contribution in [0.5, 0.6) is 5.75 Å². The van der Waals surface area contributed by atoms with Gasteiger partial charge in [-0.15, -0.1) is 0 Å². The fraction of sp³-hybridized carbons (Fsp3) is 0.438. The second kappa shape index (κ2) is 4.72. The molecule has 1 aromatic heterocycles. The van der Waals surface area contributed by atoms with Crippen molar-refractivity contribution in [3.8, 4) is 5.75 Å². The third-order valence-corrected chi connectivity index (χ3v) is 4.21. The van der Waals surface area contributed by atoms with Crippen molar-refractivity contribution in [2.75, 3.05) is 0 Å². The normalized spacial score (nSPS) is 16.9. The number of aromatic hydroxyl groups is 1. The Morgan fingerprint density at radius 3 is 2.68 bits per heavy atom. The molecule has 1 heterocycles. The Morgan fingerprint density at radius 2 is 1.95 bits per heavy atom. The van der Waals surface area contributed by atoms with Crippen LogP contribution in [0.4, 0.5) is 0 Å². The van der Waals surface area contributed by atoms with E-state index in [1.54, 1.807) is 6.07 Å². The summed E-state index contributed by atoms with van der Waals surface area (Å²) in [5.41, 5.74) is 2.10. The zero-order chi connectivity index (χ0) is 13.4. The van der Waals surface area contributed by atoms with Crippen molar-refractivity contribution in [1.29, 1.82) is 0 Å². The van der Waals surface area contributed by atoms with Crippen LogP contribution in [-0.2, 0) is 0 Å². The first-order chi connectivity index (χ1) is 9.16. The zero-order valence-electron chi connectivity index (χ0n) is 11.1. The average molecular weight is 258 g/mol. The van der Waals surface area contributed by atoms with Gasteiger partial charge in [-0.2, -0.15) is 0 Å². The van der Waals surface area contributed by atoms with Crippen molar-refractivity contribution < 1.29 is 9.52 Å². The van der Waals surface area contributed by atoms with Gasteiger partial charge in [0, 0.05) is 17.0 Å². The fourth-order valence-electron chi connectivity index (χ4n) is 3.22. The van der Waals surface area contributed by atoms with E-state index in [4.69, 9.17) is 4.42 Å². The molecule has 2 aromatic rings. The van der Waals surface area contributed by atoms with Gasteiger partial charge in [0.05, 0.1) is 0 Å². The van der Waals surface area contributed by atoms with Crippen LogP contribution in [0.3, 0.4) is 0 Å². The number of aryl methyl sites for hydroxylation is 1. The smallest absolute Gasteiger partial charge is 0.340 e. The van der Waals surface area contributed by atoms with Crippen LogP contribution in [0.1, 0.15) is 49.1 Å². The van der Waals surface area contributed by atoms with Crippen LogP contribution < -0.4 is 5.63 Å². The minimum atomic E-state index is -0.234. The third kappa shape index (κ3) is 2.14. The summed E-state index contributed by atoms with van der Waals surface area (Å²) in [6.07, 6.45) is 5.81. The van der Waals surface area contributed by atoms with Crippen molar-refractivity contribution in [3.05, 3.63) is 39.7 Å². The summed E-state index contributed by atoms with van der Waals surface area (Å²) in [5.74, 6) is 0.462. The highest BCUT2D eigenvalue weighted by molar-refractivity contribution is 5.82. The number of hydrogen-bond acceptors (Lipinski definition) is 3. The monoisotopic (exact) mass is 258 g/mol. The van der Waals surface area contributed by atoms with Gasteiger partial charge < -0.3 is 9.52 Å². The predicted molar refractivity (Wildman–Crippen MR) is 74.7 cm³/mol. The summed E-state index contributed by atoms with van der Waals surface area (Å²) >= 11 is 0. The first-order valence-electron chi connectivity index (χ1n) is 6.93. The van der Waals surface area contributed by atoms with Crippen LogP contribution in [0.2, 0.25) is 0 Å². The van der Waals surface area contributed by atoms with Gasteiger partial charge in [-0.05, 0) is 43.4 Å². The first-order valence-corrected chi connectivity index (χ1v) is 6.93. The molecule has 3 rings (SSSR count). The molecule has 3 heteroatoms. The Hall–Kier alpha value is -1.77. The SMILES string of the molecule is Cc1c(C2CCCCC2)c(=O)oc2cc(O)ccc12. The van der Waals surface area contributed by atoms with Gasteiger partial charge in [0.1, 0.15) is 11.3 Å². The summed E-state index contributed by atoms with van der Waals surface area (Å²) in [6, 6.07) is 4.98. The molecule has 0 amide bonds. The number of phenolic OH excluding ortho intramolecular Hbond substituents is 1. The van der Waals surface area contributed by atoms with Crippen molar-refractivity contribution in [1.82, 2.24) is 0 Å². The van der Waals surface area contributed by atoms with E-state index in [0.717, 1.165) is 29.4 Å². The van der Waals surface area contributed by atoms with Crippen LogP contribution in [0.15, 0.2) is 27.4 Å². The zero-order valence-corrected chi connectivity index (χ0v) is 11.1. The van der Waals surface area contributed by atoms with Gasteiger partial charge in [-0.25, -0.2) is 4.79 Å². The van der Waals surface area contributed by atoms with E-state index in [2.05, 4.69) is 0 Å². The maximum atomic E-state index is 12.2. The van der Waals surface area contributed by atoms with E-state index in [1.807, 2.05) is 13.0 Å². The second-order valence-electron chi connectivity index (χ2n) is 5.44. The molecule has 0 saturated heterocycles. The number of fused-ring (bicyclic) bond motifs is 1. The Balaban J connectivity index is 2.19.